The van der Waals surface area contributed by atoms with E-state index in [0.29, 0.717) is 25.9 Å². The number of nitrogens with two attached hydrogens (primary N) is 1. The maximum absolute atomic E-state index is 12.5. The molecule has 0 radical (unpaired) electrons. The molecule has 0 aromatic carbocycles. The Morgan fingerprint density at radius 1 is 1.52 bits per heavy atom. The molecule has 0 atom stereocenters. The number of carbonyl (C=O) groups is 1. The molecule has 5 nitrogen and oxygen atoms in total. The van der Waals surface area contributed by atoms with Crippen LogP contribution in [0, 0.1) is 0 Å². The molecule has 0 spiro atoms. The zero-order valence-corrected chi connectivity index (χ0v) is 14.0. The number of aryl methyl sites for hydroxylation is 1. The van der Waals surface area contributed by atoms with E-state index < -0.39 is 0 Å². The number of amidine groups is 1. The molecule has 1 aromatic rings. The molecule has 2 heterocycles. The highest BCUT2D eigenvalue weighted by Gasteiger charge is 2.39. The minimum absolute atomic E-state index is 0.0916. The van der Waals surface area contributed by atoms with Gasteiger partial charge in [0.2, 0.25) is 0 Å². The van der Waals surface area contributed by atoms with Gasteiger partial charge in [0.25, 0.3) is 5.91 Å². The van der Waals surface area contributed by atoms with Crippen LogP contribution in [0.1, 0.15) is 34.3 Å². The number of hydrogen-bond donors (Lipinski definition) is 2. The molecule has 2 rings (SSSR count). The highest BCUT2D eigenvalue weighted by atomic mass is 32.2. The first kappa shape index (κ1) is 16.2. The smallest absolute Gasteiger partial charge is 0.263 e. The summed E-state index contributed by atoms with van der Waals surface area (Å²) in [5, 5.41) is 12.1. The quantitative estimate of drug-likeness (QED) is 0.385. The van der Waals surface area contributed by atoms with E-state index in [1.807, 2.05) is 23.3 Å². The number of hydrogen-bond acceptors (Lipinski definition) is 5. The second kappa shape index (κ2) is 6.70. The standard InChI is InChI=1S/C14H21N3O2S2/c1-3-10-4-5-11(21-10)12(18)17-8-6-14(20-2,7-9-17)13(15)16-19/h4-5,19H,3,6-9H2,1-2H3,(H2,15,16). The van der Waals surface area contributed by atoms with Gasteiger partial charge in [0, 0.05) is 18.0 Å². The maximum atomic E-state index is 12.5. The average molecular weight is 327 g/mol. The Morgan fingerprint density at radius 2 is 2.19 bits per heavy atom. The summed E-state index contributed by atoms with van der Waals surface area (Å²) in [6.07, 6.45) is 4.34. The van der Waals surface area contributed by atoms with Crippen LogP contribution >= 0.6 is 23.1 Å². The lowest BCUT2D eigenvalue weighted by atomic mass is 9.94. The van der Waals surface area contributed by atoms with E-state index in [0.717, 1.165) is 11.3 Å². The molecule has 0 bridgehead atoms. The van der Waals surface area contributed by atoms with Crippen LogP contribution in [0.3, 0.4) is 0 Å². The maximum Gasteiger partial charge on any atom is 0.263 e. The van der Waals surface area contributed by atoms with Crippen LogP contribution in [0.5, 0.6) is 0 Å². The van der Waals surface area contributed by atoms with Crippen LogP contribution in [0.4, 0.5) is 0 Å². The summed E-state index contributed by atoms with van der Waals surface area (Å²) in [6, 6.07) is 3.93. The van der Waals surface area contributed by atoms with E-state index in [-0.39, 0.29) is 16.5 Å². The molecule has 116 valence electrons. The van der Waals surface area contributed by atoms with Crippen molar-refractivity contribution in [2.75, 3.05) is 19.3 Å². The third kappa shape index (κ3) is 3.18. The van der Waals surface area contributed by atoms with Crippen molar-refractivity contribution in [1.29, 1.82) is 0 Å². The molecular formula is C14H21N3O2S2. The van der Waals surface area contributed by atoms with Gasteiger partial charge in [-0.25, -0.2) is 0 Å². The van der Waals surface area contributed by atoms with Crippen LogP contribution in [0.25, 0.3) is 0 Å². The first-order chi connectivity index (χ1) is 10.1. The van der Waals surface area contributed by atoms with Crippen LogP contribution in [-0.2, 0) is 6.42 Å². The number of carbonyl (C=O) groups excluding carboxylic acids is 1. The lowest BCUT2D eigenvalue weighted by molar-refractivity contribution is 0.0723. The van der Waals surface area contributed by atoms with Gasteiger partial charge in [0.15, 0.2) is 5.84 Å². The molecule has 1 fully saturated rings. The number of amides is 1. The first-order valence-electron chi connectivity index (χ1n) is 6.97. The molecule has 1 aromatic heterocycles. The minimum Gasteiger partial charge on any atom is -0.409 e. The molecule has 1 saturated heterocycles. The normalized spacial score (nSPS) is 18.8. The Hall–Kier alpha value is -1.21. The van der Waals surface area contributed by atoms with E-state index in [9.17, 15) is 4.79 Å². The van der Waals surface area contributed by atoms with Crippen molar-refractivity contribution in [1.82, 2.24) is 4.90 Å². The summed E-state index contributed by atoms with van der Waals surface area (Å²) in [7, 11) is 0. The Bertz CT molecular complexity index is 534. The fourth-order valence-electron chi connectivity index (χ4n) is 2.57. The lowest BCUT2D eigenvalue weighted by Gasteiger charge is -2.39. The van der Waals surface area contributed by atoms with Crippen molar-refractivity contribution in [3.8, 4) is 0 Å². The highest BCUT2D eigenvalue weighted by molar-refractivity contribution is 8.00. The summed E-state index contributed by atoms with van der Waals surface area (Å²) in [6.45, 7) is 3.36. The van der Waals surface area contributed by atoms with E-state index in [1.54, 1.807) is 23.1 Å². The number of oxime groups is 1. The molecule has 3 N–H and O–H groups in total. The summed E-state index contributed by atoms with van der Waals surface area (Å²) in [5.74, 6) is 0.348. The van der Waals surface area contributed by atoms with Crippen molar-refractivity contribution in [3.05, 3.63) is 21.9 Å². The van der Waals surface area contributed by atoms with Crippen LogP contribution in [0.2, 0.25) is 0 Å². The van der Waals surface area contributed by atoms with Crippen LogP contribution in [-0.4, -0.2) is 45.9 Å². The predicted molar refractivity (Wildman–Crippen MR) is 88.5 cm³/mol. The molecule has 0 aliphatic carbocycles. The third-order valence-electron chi connectivity index (χ3n) is 4.04. The SMILES string of the molecule is CCc1ccc(C(=O)N2CCC(SC)(C(N)=NO)CC2)s1. The molecule has 21 heavy (non-hydrogen) atoms. The largest absolute Gasteiger partial charge is 0.409 e. The molecule has 1 aliphatic rings. The molecule has 1 amide bonds. The van der Waals surface area contributed by atoms with Gasteiger partial charge < -0.3 is 15.8 Å². The monoisotopic (exact) mass is 327 g/mol. The van der Waals surface area contributed by atoms with Gasteiger partial charge in [0.05, 0.1) is 9.62 Å². The van der Waals surface area contributed by atoms with Gasteiger partial charge in [-0.15, -0.1) is 11.3 Å². The fourth-order valence-corrected chi connectivity index (χ4v) is 4.32. The summed E-state index contributed by atoms with van der Waals surface area (Å²) in [4.78, 5) is 16.4. The van der Waals surface area contributed by atoms with Crippen LogP contribution < -0.4 is 5.73 Å². The second-order valence-electron chi connectivity index (χ2n) is 5.10. The topological polar surface area (TPSA) is 78.9 Å². The van der Waals surface area contributed by atoms with Gasteiger partial charge in [-0.3, -0.25) is 4.79 Å². The van der Waals surface area contributed by atoms with Gasteiger partial charge in [0.1, 0.15) is 0 Å². The zero-order valence-electron chi connectivity index (χ0n) is 12.3. The molecule has 7 heteroatoms. The molecular weight excluding hydrogens is 306 g/mol. The van der Waals surface area contributed by atoms with Crippen molar-refractivity contribution in [2.24, 2.45) is 10.9 Å². The number of thioether (sulfide) groups is 1. The highest BCUT2D eigenvalue weighted by Crippen LogP contribution is 2.35. The van der Waals surface area contributed by atoms with Gasteiger partial charge in [-0.1, -0.05) is 12.1 Å². The van der Waals surface area contributed by atoms with Gasteiger partial charge >= 0.3 is 0 Å². The van der Waals surface area contributed by atoms with E-state index >= 15 is 0 Å². The van der Waals surface area contributed by atoms with E-state index in [2.05, 4.69) is 12.1 Å². The minimum atomic E-state index is -0.352. The third-order valence-corrected chi connectivity index (χ3v) is 6.66. The number of thiophene rings is 1. The molecule has 0 unspecified atom stereocenters. The Morgan fingerprint density at radius 3 is 2.67 bits per heavy atom. The number of rotatable bonds is 4. The Kier molecular flexibility index (Phi) is 5.16. The first-order valence-corrected chi connectivity index (χ1v) is 9.01. The van der Waals surface area contributed by atoms with Crippen molar-refractivity contribution in [3.63, 3.8) is 0 Å². The van der Waals surface area contributed by atoms with Crippen molar-refractivity contribution in [2.45, 2.75) is 30.9 Å². The molecule has 0 saturated carbocycles. The van der Waals surface area contributed by atoms with Gasteiger partial charge in [-0.05, 0) is 37.7 Å². The van der Waals surface area contributed by atoms with E-state index in [1.165, 1.54) is 4.88 Å². The number of likely N-dealkylation sites (tertiary alicyclic amines) is 1. The summed E-state index contributed by atoms with van der Waals surface area (Å²) < 4.78 is -0.352. The summed E-state index contributed by atoms with van der Waals surface area (Å²) in [5.41, 5.74) is 5.82. The Labute approximate surface area is 133 Å². The van der Waals surface area contributed by atoms with Crippen LogP contribution in [0.15, 0.2) is 17.3 Å². The van der Waals surface area contributed by atoms with Gasteiger partial charge in [-0.2, -0.15) is 11.8 Å². The fraction of sp³-hybridized carbons (Fsp3) is 0.571. The van der Waals surface area contributed by atoms with E-state index in [4.69, 9.17) is 10.9 Å². The number of nitrogens with zero attached hydrogens (tertiary/aromatic N) is 2. The Balaban J connectivity index is 2.05. The average Bonchev–Trinajstić information content (AvgIpc) is 3.02. The zero-order chi connectivity index (χ0) is 15.5. The summed E-state index contributed by atoms with van der Waals surface area (Å²) >= 11 is 3.16. The second-order valence-corrected chi connectivity index (χ2v) is 7.45. The van der Waals surface area contributed by atoms with Crippen molar-refractivity contribution >= 4 is 34.8 Å². The molecule has 1 aliphatic heterocycles. The predicted octanol–water partition coefficient (Wildman–Crippen LogP) is 2.39. The number of piperidine rings is 1. The lowest BCUT2D eigenvalue weighted by Crippen LogP contribution is -2.51. The van der Waals surface area contributed by atoms with Crippen molar-refractivity contribution < 1.29 is 10.0 Å².